The first-order valence-electron chi connectivity index (χ1n) is 4.85. The number of aromatic nitrogens is 1. The molecule has 0 aromatic carbocycles. The number of nitrogens with zero attached hydrogens (tertiary/aromatic N) is 1. The van der Waals surface area contributed by atoms with Crippen LogP contribution in [0.2, 0.25) is 0 Å². The van der Waals surface area contributed by atoms with Gasteiger partial charge in [0.2, 0.25) is 0 Å². The summed E-state index contributed by atoms with van der Waals surface area (Å²) in [5.74, 6) is 0. The summed E-state index contributed by atoms with van der Waals surface area (Å²) in [7, 11) is 0. The second kappa shape index (κ2) is 6.92. The van der Waals surface area contributed by atoms with Gasteiger partial charge in [0.15, 0.2) is 0 Å². The Bertz CT molecular complexity index is 265. The van der Waals surface area contributed by atoms with Gasteiger partial charge in [-0.25, -0.2) is 0 Å². The molecule has 1 aromatic rings. The number of nitrogens with one attached hydrogen (secondary N) is 2. The maximum absolute atomic E-state index is 4.27. The van der Waals surface area contributed by atoms with Gasteiger partial charge >= 0.3 is 0 Å². The Labute approximate surface area is 93.4 Å². The van der Waals surface area contributed by atoms with Crippen LogP contribution in [0.1, 0.15) is 12.6 Å². The van der Waals surface area contributed by atoms with Gasteiger partial charge in [0.25, 0.3) is 0 Å². The van der Waals surface area contributed by atoms with Gasteiger partial charge in [-0.05, 0) is 34.6 Å². The van der Waals surface area contributed by atoms with Crippen molar-refractivity contribution < 1.29 is 0 Å². The molecule has 0 spiro atoms. The maximum Gasteiger partial charge on any atom is 0.0683 e. The minimum Gasteiger partial charge on any atom is -0.316 e. The van der Waals surface area contributed by atoms with Crippen LogP contribution in [0.4, 0.5) is 0 Å². The zero-order valence-corrected chi connectivity index (χ0v) is 9.97. The second-order valence-corrected chi connectivity index (χ2v) is 3.82. The quantitative estimate of drug-likeness (QED) is 0.760. The Morgan fingerprint density at radius 1 is 1.36 bits per heavy atom. The van der Waals surface area contributed by atoms with Crippen molar-refractivity contribution in [3.05, 3.63) is 28.5 Å². The molecular weight excluding hydrogens is 242 g/mol. The van der Waals surface area contributed by atoms with Crippen molar-refractivity contribution in [2.45, 2.75) is 13.5 Å². The molecule has 1 rings (SSSR count). The van der Waals surface area contributed by atoms with E-state index in [1.165, 1.54) is 0 Å². The topological polar surface area (TPSA) is 37.0 Å². The van der Waals surface area contributed by atoms with E-state index in [0.717, 1.165) is 36.3 Å². The molecule has 78 valence electrons. The monoisotopic (exact) mass is 257 g/mol. The van der Waals surface area contributed by atoms with Gasteiger partial charge in [-0.2, -0.15) is 0 Å². The first-order valence-corrected chi connectivity index (χ1v) is 5.64. The fraction of sp³-hybridized carbons (Fsp3) is 0.500. The van der Waals surface area contributed by atoms with Crippen molar-refractivity contribution in [3.8, 4) is 0 Å². The lowest BCUT2D eigenvalue weighted by molar-refractivity contribution is 0.618. The fourth-order valence-electron chi connectivity index (χ4n) is 1.11. The van der Waals surface area contributed by atoms with Crippen LogP contribution in [0.3, 0.4) is 0 Å². The van der Waals surface area contributed by atoms with E-state index in [9.17, 15) is 0 Å². The summed E-state index contributed by atoms with van der Waals surface area (Å²) in [6, 6.07) is 3.93. The van der Waals surface area contributed by atoms with Crippen LogP contribution in [-0.4, -0.2) is 24.6 Å². The fourth-order valence-corrected chi connectivity index (χ4v) is 1.50. The number of halogens is 1. The smallest absolute Gasteiger partial charge is 0.0683 e. The Kier molecular flexibility index (Phi) is 5.75. The molecule has 0 aliphatic heterocycles. The number of likely N-dealkylation sites (N-methyl/N-ethyl adjacent to an activating group) is 1. The van der Waals surface area contributed by atoms with E-state index in [4.69, 9.17) is 0 Å². The molecule has 4 heteroatoms. The van der Waals surface area contributed by atoms with Crippen molar-refractivity contribution in [1.29, 1.82) is 0 Å². The van der Waals surface area contributed by atoms with E-state index < -0.39 is 0 Å². The summed E-state index contributed by atoms with van der Waals surface area (Å²) in [5.41, 5.74) is 1.06. The first-order chi connectivity index (χ1) is 6.84. The molecular formula is C10H16BrN3. The minimum atomic E-state index is 0.812. The zero-order valence-electron chi connectivity index (χ0n) is 8.39. The molecule has 0 saturated carbocycles. The summed E-state index contributed by atoms with van der Waals surface area (Å²) >= 11 is 3.46. The van der Waals surface area contributed by atoms with Gasteiger partial charge in [0.1, 0.15) is 0 Å². The van der Waals surface area contributed by atoms with Crippen molar-refractivity contribution in [1.82, 2.24) is 15.6 Å². The van der Waals surface area contributed by atoms with Crippen molar-refractivity contribution in [2.24, 2.45) is 0 Å². The van der Waals surface area contributed by atoms with Gasteiger partial charge in [-0.15, -0.1) is 0 Å². The van der Waals surface area contributed by atoms with Gasteiger partial charge in [-0.3, -0.25) is 4.98 Å². The van der Waals surface area contributed by atoms with E-state index in [1.807, 2.05) is 18.3 Å². The van der Waals surface area contributed by atoms with Crippen molar-refractivity contribution in [3.63, 3.8) is 0 Å². The normalized spacial score (nSPS) is 10.4. The predicted octanol–water partition coefficient (Wildman–Crippen LogP) is 1.54. The Morgan fingerprint density at radius 2 is 2.14 bits per heavy atom. The van der Waals surface area contributed by atoms with Crippen LogP contribution in [0.25, 0.3) is 0 Å². The average molecular weight is 258 g/mol. The molecule has 0 aliphatic rings. The Balaban J connectivity index is 2.21. The highest BCUT2D eigenvalue weighted by molar-refractivity contribution is 9.10. The second-order valence-electron chi connectivity index (χ2n) is 2.96. The number of rotatable bonds is 6. The van der Waals surface area contributed by atoms with Crippen LogP contribution in [0.15, 0.2) is 22.8 Å². The predicted molar refractivity (Wildman–Crippen MR) is 62.2 cm³/mol. The number of pyridine rings is 1. The highest BCUT2D eigenvalue weighted by Crippen LogP contribution is 2.12. The Morgan fingerprint density at radius 3 is 2.86 bits per heavy atom. The summed E-state index contributed by atoms with van der Waals surface area (Å²) in [4.78, 5) is 4.27. The molecule has 0 aliphatic carbocycles. The molecule has 0 bridgehead atoms. The largest absolute Gasteiger partial charge is 0.316 e. The third kappa shape index (κ3) is 4.17. The van der Waals surface area contributed by atoms with Crippen LogP contribution < -0.4 is 10.6 Å². The third-order valence-corrected chi connectivity index (χ3v) is 2.58. The van der Waals surface area contributed by atoms with Crippen molar-refractivity contribution >= 4 is 15.9 Å². The summed E-state index contributed by atoms with van der Waals surface area (Å²) < 4.78 is 1.07. The van der Waals surface area contributed by atoms with Crippen LogP contribution >= 0.6 is 15.9 Å². The molecule has 1 aromatic heterocycles. The zero-order chi connectivity index (χ0) is 10.2. The lowest BCUT2D eigenvalue weighted by atomic mass is 10.3. The van der Waals surface area contributed by atoms with E-state index in [0.29, 0.717) is 0 Å². The van der Waals surface area contributed by atoms with Crippen molar-refractivity contribution in [2.75, 3.05) is 19.6 Å². The molecule has 3 nitrogen and oxygen atoms in total. The van der Waals surface area contributed by atoms with Crippen LogP contribution in [0.5, 0.6) is 0 Å². The van der Waals surface area contributed by atoms with Gasteiger partial charge in [0.05, 0.1) is 5.69 Å². The Hall–Kier alpha value is -0.450. The third-order valence-electron chi connectivity index (χ3n) is 1.86. The molecule has 14 heavy (non-hydrogen) atoms. The molecule has 1 heterocycles. The first kappa shape index (κ1) is 11.6. The lowest BCUT2D eigenvalue weighted by Crippen LogP contribution is -2.27. The van der Waals surface area contributed by atoms with Gasteiger partial charge in [0, 0.05) is 30.3 Å². The van der Waals surface area contributed by atoms with E-state index in [1.54, 1.807) is 0 Å². The molecule has 0 saturated heterocycles. The molecule has 2 N–H and O–H groups in total. The lowest BCUT2D eigenvalue weighted by Gasteiger charge is -2.05. The molecule has 0 amide bonds. The minimum absolute atomic E-state index is 0.812. The SMILES string of the molecule is CCNCCNCc1ncccc1Br. The van der Waals surface area contributed by atoms with E-state index >= 15 is 0 Å². The number of hydrogen-bond donors (Lipinski definition) is 2. The van der Waals surface area contributed by atoms with Crippen LogP contribution in [-0.2, 0) is 6.54 Å². The summed E-state index contributed by atoms with van der Waals surface area (Å²) in [5, 5.41) is 6.58. The van der Waals surface area contributed by atoms with Gasteiger partial charge < -0.3 is 10.6 Å². The van der Waals surface area contributed by atoms with Gasteiger partial charge in [-0.1, -0.05) is 6.92 Å². The summed E-state index contributed by atoms with van der Waals surface area (Å²) in [6.07, 6.45) is 1.81. The number of hydrogen-bond acceptors (Lipinski definition) is 3. The molecule has 0 atom stereocenters. The molecule has 0 unspecified atom stereocenters. The average Bonchev–Trinajstić information content (AvgIpc) is 2.20. The van der Waals surface area contributed by atoms with E-state index in [2.05, 4.69) is 38.5 Å². The maximum atomic E-state index is 4.27. The molecule has 0 fully saturated rings. The standard InChI is InChI=1S/C10H16BrN3/c1-2-12-6-7-13-8-10-9(11)4-3-5-14-10/h3-5,12-13H,2,6-8H2,1H3. The van der Waals surface area contributed by atoms with E-state index in [-0.39, 0.29) is 0 Å². The molecule has 0 radical (unpaired) electrons. The summed E-state index contributed by atoms with van der Waals surface area (Å²) in [6.45, 7) is 5.91. The highest BCUT2D eigenvalue weighted by Gasteiger charge is 1.98. The van der Waals surface area contributed by atoms with Crippen LogP contribution in [0, 0.1) is 0 Å². The highest BCUT2D eigenvalue weighted by atomic mass is 79.9.